The van der Waals surface area contributed by atoms with Gasteiger partial charge >= 0.3 is 0 Å². The van der Waals surface area contributed by atoms with Crippen molar-refractivity contribution in [3.8, 4) is 16.9 Å². The Bertz CT molecular complexity index is 1090. The molecule has 0 amide bonds. The third-order valence-corrected chi connectivity index (χ3v) is 7.47. The molecule has 184 valence electrons. The van der Waals surface area contributed by atoms with Crippen LogP contribution in [0.1, 0.15) is 61.0 Å². The van der Waals surface area contributed by atoms with Crippen molar-refractivity contribution in [3.05, 3.63) is 66.0 Å². The summed E-state index contributed by atoms with van der Waals surface area (Å²) in [6, 6.07) is 16.5. The first-order valence-corrected chi connectivity index (χ1v) is 13.1. The lowest BCUT2D eigenvalue weighted by atomic mass is 9.89. The summed E-state index contributed by atoms with van der Waals surface area (Å²) in [5, 5.41) is 8.35. The summed E-state index contributed by atoms with van der Waals surface area (Å²) >= 11 is 0. The lowest BCUT2D eigenvalue weighted by molar-refractivity contribution is 0.0988. The number of ketones is 1. The van der Waals surface area contributed by atoms with Crippen molar-refractivity contribution < 1.29 is 9.53 Å². The second kappa shape index (κ2) is 11.2. The minimum absolute atomic E-state index is 0.0167. The highest BCUT2D eigenvalue weighted by Gasteiger charge is 2.19. The number of rotatable bonds is 8. The topological polar surface area (TPSA) is 60.2 Å². The SMILES string of the molecule is CN1CCC(Oc2ccc(-c3ccc(CC(=O)c4cn(CC5CCCCC5)nn4)cc3)cc2)CC1. The van der Waals surface area contributed by atoms with E-state index in [-0.39, 0.29) is 5.78 Å². The minimum atomic E-state index is 0.0167. The molecule has 0 unspecified atom stereocenters. The molecule has 1 aliphatic carbocycles. The van der Waals surface area contributed by atoms with Crippen LogP contribution in [-0.2, 0) is 13.0 Å². The monoisotopic (exact) mass is 472 g/mol. The zero-order valence-electron chi connectivity index (χ0n) is 20.7. The molecule has 1 aromatic heterocycles. The van der Waals surface area contributed by atoms with E-state index in [1.54, 1.807) is 0 Å². The van der Waals surface area contributed by atoms with Crippen LogP contribution in [0.5, 0.6) is 5.75 Å². The van der Waals surface area contributed by atoms with Gasteiger partial charge in [0, 0.05) is 26.1 Å². The Morgan fingerprint density at radius 1 is 0.914 bits per heavy atom. The Kier molecular flexibility index (Phi) is 7.57. The van der Waals surface area contributed by atoms with Crippen LogP contribution in [0.2, 0.25) is 0 Å². The molecule has 2 aromatic carbocycles. The normalized spacial score (nSPS) is 18.0. The third kappa shape index (κ3) is 6.37. The van der Waals surface area contributed by atoms with Gasteiger partial charge in [-0.1, -0.05) is 60.9 Å². The molecule has 6 heteroatoms. The van der Waals surface area contributed by atoms with Gasteiger partial charge in [0.25, 0.3) is 0 Å². The zero-order valence-corrected chi connectivity index (χ0v) is 20.7. The average Bonchev–Trinajstić information content (AvgIpc) is 3.36. The molecule has 1 saturated heterocycles. The number of aromatic nitrogens is 3. The predicted molar refractivity (Wildman–Crippen MR) is 138 cm³/mol. The van der Waals surface area contributed by atoms with E-state index in [0.29, 0.717) is 24.1 Å². The van der Waals surface area contributed by atoms with E-state index in [1.807, 2.05) is 23.0 Å². The summed E-state index contributed by atoms with van der Waals surface area (Å²) in [5.41, 5.74) is 3.72. The van der Waals surface area contributed by atoms with Crippen molar-refractivity contribution in [3.63, 3.8) is 0 Å². The Morgan fingerprint density at radius 3 is 2.26 bits per heavy atom. The number of Topliss-reactive ketones (excluding diaryl/α,β-unsaturated/α-hetero) is 1. The number of benzene rings is 2. The first-order valence-electron chi connectivity index (χ1n) is 13.1. The number of hydrogen-bond donors (Lipinski definition) is 0. The van der Waals surface area contributed by atoms with E-state index in [4.69, 9.17) is 4.74 Å². The molecular weight excluding hydrogens is 436 g/mol. The largest absolute Gasteiger partial charge is 0.490 e. The molecule has 1 aliphatic heterocycles. The number of likely N-dealkylation sites (tertiary alicyclic amines) is 1. The van der Waals surface area contributed by atoms with Crippen LogP contribution in [0.25, 0.3) is 11.1 Å². The van der Waals surface area contributed by atoms with E-state index < -0.39 is 0 Å². The molecule has 5 rings (SSSR count). The third-order valence-electron chi connectivity index (χ3n) is 7.47. The highest BCUT2D eigenvalue weighted by molar-refractivity contribution is 5.95. The second-order valence-corrected chi connectivity index (χ2v) is 10.3. The van der Waals surface area contributed by atoms with Crippen LogP contribution >= 0.6 is 0 Å². The van der Waals surface area contributed by atoms with Crippen molar-refractivity contribution >= 4 is 5.78 Å². The first-order chi connectivity index (χ1) is 17.1. The number of piperidine rings is 1. The molecule has 0 radical (unpaired) electrons. The quantitative estimate of drug-likeness (QED) is 0.410. The van der Waals surface area contributed by atoms with Gasteiger partial charge in [0.2, 0.25) is 0 Å². The Hall–Kier alpha value is -2.99. The first kappa shape index (κ1) is 23.7. The summed E-state index contributed by atoms with van der Waals surface area (Å²) in [5.74, 6) is 1.61. The minimum Gasteiger partial charge on any atom is -0.490 e. The van der Waals surface area contributed by atoms with Gasteiger partial charge in [0.1, 0.15) is 17.5 Å². The van der Waals surface area contributed by atoms with E-state index in [9.17, 15) is 4.79 Å². The van der Waals surface area contributed by atoms with Gasteiger partial charge in [-0.15, -0.1) is 5.10 Å². The Balaban J connectivity index is 1.14. The van der Waals surface area contributed by atoms with Gasteiger partial charge in [-0.25, -0.2) is 0 Å². The van der Waals surface area contributed by atoms with Gasteiger partial charge in [-0.2, -0.15) is 0 Å². The van der Waals surface area contributed by atoms with Gasteiger partial charge in [-0.3, -0.25) is 9.48 Å². The number of hydrogen-bond acceptors (Lipinski definition) is 5. The van der Waals surface area contributed by atoms with E-state index in [1.165, 1.54) is 32.1 Å². The van der Waals surface area contributed by atoms with Crippen LogP contribution in [0.4, 0.5) is 0 Å². The summed E-state index contributed by atoms with van der Waals surface area (Å²) in [6.45, 7) is 3.06. The molecule has 35 heavy (non-hydrogen) atoms. The molecule has 0 N–H and O–H groups in total. The zero-order chi connectivity index (χ0) is 24.0. The maximum Gasteiger partial charge on any atom is 0.189 e. The van der Waals surface area contributed by atoms with E-state index in [2.05, 4.69) is 58.7 Å². The maximum absolute atomic E-state index is 12.8. The summed E-state index contributed by atoms with van der Waals surface area (Å²) in [7, 11) is 2.16. The lowest BCUT2D eigenvalue weighted by Gasteiger charge is -2.29. The van der Waals surface area contributed by atoms with Gasteiger partial charge < -0.3 is 9.64 Å². The predicted octanol–water partition coefficient (Wildman–Crippen LogP) is 5.42. The average molecular weight is 473 g/mol. The highest BCUT2D eigenvalue weighted by atomic mass is 16.5. The van der Waals surface area contributed by atoms with Crippen molar-refractivity contribution in [1.29, 1.82) is 0 Å². The van der Waals surface area contributed by atoms with Crippen LogP contribution in [0.3, 0.4) is 0 Å². The van der Waals surface area contributed by atoms with Gasteiger partial charge in [0.15, 0.2) is 5.78 Å². The maximum atomic E-state index is 12.8. The molecule has 1 saturated carbocycles. The molecule has 3 aromatic rings. The second-order valence-electron chi connectivity index (χ2n) is 10.3. The smallest absolute Gasteiger partial charge is 0.189 e. The van der Waals surface area contributed by atoms with Crippen LogP contribution in [0, 0.1) is 5.92 Å². The highest BCUT2D eigenvalue weighted by Crippen LogP contribution is 2.26. The molecule has 2 heterocycles. The molecule has 0 bridgehead atoms. The fourth-order valence-electron chi connectivity index (χ4n) is 5.26. The molecule has 2 aliphatic rings. The number of nitrogens with zero attached hydrogens (tertiary/aromatic N) is 4. The lowest BCUT2D eigenvalue weighted by Crippen LogP contribution is -2.35. The van der Waals surface area contributed by atoms with Crippen LogP contribution in [-0.4, -0.2) is 51.9 Å². The van der Waals surface area contributed by atoms with Crippen molar-refractivity contribution in [1.82, 2.24) is 19.9 Å². The van der Waals surface area contributed by atoms with E-state index in [0.717, 1.165) is 54.9 Å². The fraction of sp³-hybridized carbons (Fsp3) is 0.483. The molecule has 6 nitrogen and oxygen atoms in total. The molecule has 0 atom stereocenters. The van der Waals surface area contributed by atoms with E-state index >= 15 is 0 Å². The van der Waals surface area contributed by atoms with Gasteiger partial charge in [-0.05, 0) is 67.5 Å². The Morgan fingerprint density at radius 2 is 1.57 bits per heavy atom. The summed E-state index contributed by atoms with van der Waals surface area (Å²) < 4.78 is 8.02. The molecule has 2 fully saturated rings. The molecular formula is C29H36N4O2. The van der Waals surface area contributed by atoms with Crippen molar-refractivity contribution in [2.24, 2.45) is 5.92 Å². The van der Waals surface area contributed by atoms with Crippen LogP contribution in [0.15, 0.2) is 54.7 Å². The van der Waals surface area contributed by atoms with Crippen molar-refractivity contribution in [2.75, 3.05) is 20.1 Å². The number of carbonyl (C=O) groups is 1. The number of ether oxygens (including phenoxy) is 1. The van der Waals surface area contributed by atoms with Gasteiger partial charge in [0.05, 0.1) is 6.20 Å². The summed E-state index contributed by atoms with van der Waals surface area (Å²) in [6.07, 6.45) is 11.1. The number of carbonyl (C=O) groups excluding carboxylic acids is 1. The van der Waals surface area contributed by atoms with Crippen LogP contribution < -0.4 is 4.74 Å². The standard InChI is InChI=1S/C29H36N4O2/c1-32-17-15-27(16-18-32)35-26-13-11-25(12-14-26)24-9-7-22(8-10-24)19-29(34)28-21-33(31-30-28)20-23-5-3-2-4-6-23/h7-14,21,23,27H,2-6,15-20H2,1H3. The van der Waals surface area contributed by atoms with Crippen molar-refractivity contribution in [2.45, 2.75) is 64.0 Å². The molecule has 0 spiro atoms. The summed E-state index contributed by atoms with van der Waals surface area (Å²) in [4.78, 5) is 15.1. The Labute approximate surface area is 208 Å². The fourth-order valence-corrected chi connectivity index (χ4v) is 5.26.